The molecule has 0 radical (unpaired) electrons. The second kappa shape index (κ2) is 5.48. The lowest BCUT2D eigenvalue weighted by Gasteiger charge is -2.18. The van der Waals surface area contributed by atoms with Crippen LogP contribution in [0.3, 0.4) is 0 Å². The molecule has 0 saturated heterocycles. The van der Waals surface area contributed by atoms with E-state index in [1.807, 2.05) is 38.1 Å². The fourth-order valence-electron chi connectivity index (χ4n) is 1.80. The van der Waals surface area contributed by atoms with Crippen LogP contribution in [0.15, 0.2) is 24.3 Å². The van der Waals surface area contributed by atoms with E-state index in [9.17, 15) is 4.57 Å². The number of hydrogen-bond donors (Lipinski definition) is 1. The van der Waals surface area contributed by atoms with Crippen LogP contribution in [0.25, 0.3) is 0 Å². The molecule has 0 unspecified atom stereocenters. The first-order chi connectivity index (χ1) is 7.18. The summed E-state index contributed by atoms with van der Waals surface area (Å²) in [5.41, 5.74) is 1.03. The van der Waals surface area contributed by atoms with Gasteiger partial charge in [-0.3, -0.25) is 0 Å². The zero-order valence-electron chi connectivity index (χ0n) is 9.44. The van der Waals surface area contributed by atoms with Crippen LogP contribution < -0.4 is 5.30 Å². The molecule has 1 N–H and O–H groups in total. The Kier molecular flexibility index (Phi) is 4.56. The first-order valence-electron chi connectivity index (χ1n) is 5.45. The Morgan fingerprint density at radius 1 is 1.20 bits per heavy atom. The van der Waals surface area contributed by atoms with E-state index in [2.05, 4.69) is 0 Å². The largest absolute Gasteiger partial charge is 0.396 e. The van der Waals surface area contributed by atoms with Gasteiger partial charge >= 0.3 is 0 Å². The third-order valence-corrected chi connectivity index (χ3v) is 6.19. The minimum absolute atomic E-state index is 0.116. The average Bonchev–Trinajstić information content (AvgIpc) is 2.29. The number of hydrogen-bond acceptors (Lipinski definition) is 2. The van der Waals surface area contributed by atoms with E-state index in [1.54, 1.807) is 0 Å². The van der Waals surface area contributed by atoms with Crippen molar-refractivity contribution < 1.29 is 9.67 Å². The van der Waals surface area contributed by atoms with Crippen LogP contribution in [0.5, 0.6) is 0 Å². The van der Waals surface area contributed by atoms with Gasteiger partial charge in [0.25, 0.3) is 0 Å². The molecule has 0 amide bonds. The molecule has 1 rings (SSSR count). The van der Waals surface area contributed by atoms with Crippen molar-refractivity contribution in [3.05, 3.63) is 29.8 Å². The normalized spacial score (nSPS) is 11.7. The van der Waals surface area contributed by atoms with Crippen LogP contribution in [0.4, 0.5) is 0 Å². The number of aliphatic hydroxyl groups excluding tert-OH is 1. The van der Waals surface area contributed by atoms with Gasteiger partial charge in [-0.25, -0.2) is 0 Å². The Morgan fingerprint density at radius 3 is 2.33 bits per heavy atom. The van der Waals surface area contributed by atoms with Crippen molar-refractivity contribution in [3.63, 3.8) is 0 Å². The second-order valence-electron chi connectivity index (χ2n) is 3.62. The molecule has 0 atom stereocenters. The van der Waals surface area contributed by atoms with Gasteiger partial charge in [-0.1, -0.05) is 38.1 Å². The minimum atomic E-state index is -2.21. The smallest absolute Gasteiger partial charge is 0.115 e. The summed E-state index contributed by atoms with van der Waals surface area (Å²) in [5.74, 6) is 0. The van der Waals surface area contributed by atoms with Crippen molar-refractivity contribution in [2.24, 2.45) is 0 Å². The quantitative estimate of drug-likeness (QED) is 0.782. The minimum Gasteiger partial charge on any atom is -0.396 e. The zero-order chi connectivity index (χ0) is 11.3. The van der Waals surface area contributed by atoms with E-state index in [0.717, 1.165) is 10.9 Å². The van der Waals surface area contributed by atoms with Crippen molar-refractivity contribution >= 4 is 12.4 Å². The highest BCUT2D eigenvalue weighted by molar-refractivity contribution is 7.71. The summed E-state index contributed by atoms with van der Waals surface area (Å²) in [6.45, 7) is 4.06. The molecule has 15 heavy (non-hydrogen) atoms. The van der Waals surface area contributed by atoms with Crippen LogP contribution in [-0.2, 0) is 11.0 Å². The van der Waals surface area contributed by atoms with Crippen molar-refractivity contribution in [2.75, 3.05) is 18.9 Å². The van der Waals surface area contributed by atoms with E-state index in [0.29, 0.717) is 18.7 Å². The summed E-state index contributed by atoms with van der Waals surface area (Å²) in [5, 5.41) is 9.93. The molecule has 84 valence electrons. The molecule has 0 heterocycles. The van der Waals surface area contributed by atoms with Crippen LogP contribution in [0, 0.1) is 0 Å². The van der Waals surface area contributed by atoms with Gasteiger partial charge in [0.1, 0.15) is 7.14 Å². The Bertz CT molecular complexity index is 352. The van der Waals surface area contributed by atoms with E-state index in [1.165, 1.54) is 0 Å². The van der Waals surface area contributed by atoms with Gasteiger partial charge < -0.3 is 9.67 Å². The third-order valence-electron chi connectivity index (χ3n) is 2.83. The molecule has 0 aliphatic carbocycles. The number of benzene rings is 1. The van der Waals surface area contributed by atoms with Crippen molar-refractivity contribution in [2.45, 2.75) is 20.3 Å². The monoisotopic (exact) mass is 226 g/mol. The summed E-state index contributed by atoms with van der Waals surface area (Å²) < 4.78 is 12.6. The van der Waals surface area contributed by atoms with Crippen molar-refractivity contribution in [3.8, 4) is 0 Å². The summed E-state index contributed by atoms with van der Waals surface area (Å²) in [4.78, 5) is 0. The highest BCUT2D eigenvalue weighted by atomic mass is 31.2. The second-order valence-corrected chi connectivity index (χ2v) is 7.15. The van der Waals surface area contributed by atoms with Gasteiger partial charge in [0.2, 0.25) is 0 Å². The maximum absolute atomic E-state index is 12.6. The van der Waals surface area contributed by atoms with Gasteiger partial charge in [-0.2, -0.15) is 0 Å². The molecule has 1 aromatic rings. The Labute approximate surface area is 91.7 Å². The fraction of sp³-hybridized carbons (Fsp3) is 0.500. The lowest BCUT2D eigenvalue weighted by molar-refractivity contribution is 0.300. The van der Waals surface area contributed by atoms with E-state index >= 15 is 0 Å². The van der Waals surface area contributed by atoms with Gasteiger partial charge in [-0.05, 0) is 12.0 Å². The van der Waals surface area contributed by atoms with Gasteiger partial charge in [0.15, 0.2) is 0 Å². The summed E-state index contributed by atoms with van der Waals surface area (Å²) in [6, 6.07) is 7.76. The fourth-order valence-corrected chi connectivity index (χ4v) is 4.00. The highest BCUT2D eigenvalue weighted by Gasteiger charge is 2.22. The molecule has 2 nitrogen and oxygen atoms in total. The SMILES string of the molecule is CCP(=O)(CC)c1ccccc1CCO. The molecular formula is C12H19O2P. The van der Waals surface area contributed by atoms with Crippen LogP contribution >= 0.6 is 7.14 Å². The molecule has 0 fully saturated rings. The van der Waals surface area contributed by atoms with Crippen molar-refractivity contribution in [1.29, 1.82) is 0 Å². The third kappa shape index (κ3) is 2.70. The van der Waals surface area contributed by atoms with Gasteiger partial charge in [0.05, 0.1) is 0 Å². The predicted molar refractivity (Wildman–Crippen MR) is 65.6 cm³/mol. The van der Waals surface area contributed by atoms with Gasteiger partial charge in [0, 0.05) is 24.2 Å². The van der Waals surface area contributed by atoms with Gasteiger partial charge in [-0.15, -0.1) is 0 Å². The predicted octanol–water partition coefficient (Wildman–Crippen LogP) is 2.25. The lowest BCUT2D eigenvalue weighted by atomic mass is 10.2. The maximum Gasteiger partial charge on any atom is 0.115 e. The number of rotatable bonds is 5. The van der Waals surface area contributed by atoms with E-state index in [4.69, 9.17) is 5.11 Å². The Hall–Kier alpha value is -0.590. The maximum atomic E-state index is 12.6. The summed E-state index contributed by atoms with van der Waals surface area (Å²) in [6.07, 6.45) is 2.00. The highest BCUT2D eigenvalue weighted by Crippen LogP contribution is 2.44. The molecule has 0 aliphatic heterocycles. The Morgan fingerprint density at radius 2 is 1.80 bits per heavy atom. The summed E-state index contributed by atoms with van der Waals surface area (Å²) in [7, 11) is -2.21. The molecule has 0 bridgehead atoms. The van der Waals surface area contributed by atoms with Crippen LogP contribution in [0.2, 0.25) is 0 Å². The molecule has 3 heteroatoms. The summed E-state index contributed by atoms with van der Waals surface area (Å²) >= 11 is 0. The number of aliphatic hydroxyl groups is 1. The molecule has 0 saturated carbocycles. The molecule has 0 spiro atoms. The van der Waals surface area contributed by atoms with E-state index < -0.39 is 7.14 Å². The standard InChI is InChI=1S/C12H19O2P/c1-3-15(14,4-2)12-8-6-5-7-11(12)9-10-13/h5-8,13H,3-4,9-10H2,1-2H3. The van der Waals surface area contributed by atoms with E-state index in [-0.39, 0.29) is 6.61 Å². The molecule has 1 aromatic carbocycles. The molecule has 0 aliphatic rings. The lowest BCUT2D eigenvalue weighted by Crippen LogP contribution is -2.15. The van der Waals surface area contributed by atoms with Crippen molar-refractivity contribution in [1.82, 2.24) is 0 Å². The Balaban J connectivity index is 3.17. The first-order valence-corrected chi connectivity index (χ1v) is 7.53. The topological polar surface area (TPSA) is 37.3 Å². The first kappa shape index (κ1) is 12.5. The zero-order valence-corrected chi connectivity index (χ0v) is 10.3. The van der Waals surface area contributed by atoms with Crippen LogP contribution in [-0.4, -0.2) is 24.0 Å². The molecule has 0 aromatic heterocycles. The average molecular weight is 226 g/mol. The molecular weight excluding hydrogens is 207 g/mol. The van der Waals surface area contributed by atoms with Crippen LogP contribution in [0.1, 0.15) is 19.4 Å².